The zero-order chi connectivity index (χ0) is 15.2. The average Bonchev–Trinajstić information content (AvgIpc) is 2.94. The SMILES string of the molecule is CC(CO)CNC(=O)CNC(=O)c1cc2c(s1)CCCC2. The number of carbonyl (C=O) groups is 2. The van der Waals surface area contributed by atoms with Crippen molar-refractivity contribution >= 4 is 23.2 Å². The topological polar surface area (TPSA) is 78.4 Å². The Hall–Kier alpha value is -1.40. The van der Waals surface area contributed by atoms with Gasteiger partial charge >= 0.3 is 0 Å². The Bertz CT molecular complexity index is 490. The molecule has 6 heteroatoms. The summed E-state index contributed by atoms with van der Waals surface area (Å²) in [6, 6.07) is 1.96. The van der Waals surface area contributed by atoms with Gasteiger partial charge in [0, 0.05) is 18.0 Å². The third-order valence-electron chi connectivity index (χ3n) is 3.59. The maximum atomic E-state index is 12.0. The molecule has 0 saturated carbocycles. The Kier molecular flexibility index (Phi) is 5.76. The molecule has 0 fully saturated rings. The molecular formula is C15H22N2O3S. The Morgan fingerprint density at radius 1 is 1.33 bits per heavy atom. The van der Waals surface area contributed by atoms with Gasteiger partial charge < -0.3 is 15.7 Å². The minimum atomic E-state index is -0.232. The Morgan fingerprint density at radius 3 is 2.81 bits per heavy atom. The Morgan fingerprint density at radius 2 is 2.10 bits per heavy atom. The average molecular weight is 310 g/mol. The van der Waals surface area contributed by atoms with Crippen molar-refractivity contribution in [2.24, 2.45) is 5.92 Å². The number of hydrogen-bond donors (Lipinski definition) is 3. The van der Waals surface area contributed by atoms with Gasteiger partial charge in [-0.15, -0.1) is 11.3 Å². The van der Waals surface area contributed by atoms with E-state index in [1.54, 1.807) is 11.3 Å². The van der Waals surface area contributed by atoms with Crippen LogP contribution in [0.1, 0.15) is 39.9 Å². The zero-order valence-electron chi connectivity index (χ0n) is 12.3. The van der Waals surface area contributed by atoms with E-state index in [0.717, 1.165) is 12.8 Å². The molecule has 1 aromatic rings. The molecule has 1 atom stereocenters. The van der Waals surface area contributed by atoms with E-state index in [1.807, 2.05) is 13.0 Å². The third kappa shape index (κ3) is 4.54. The van der Waals surface area contributed by atoms with E-state index in [2.05, 4.69) is 10.6 Å². The van der Waals surface area contributed by atoms with Crippen LogP contribution in [-0.4, -0.2) is 36.6 Å². The Balaban J connectivity index is 1.79. The lowest BCUT2D eigenvalue weighted by Crippen LogP contribution is -2.38. The summed E-state index contributed by atoms with van der Waals surface area (Å²) in [6.07, 6.45) is 4.50. The Labute approximate surface area is 128 Å². The van der Waals surface area contributed by atoms with Gasteiger partial charge in [-0.25, -0.2) is 0 Å². The fourth-order valence-electron chi connectivity index (χ4n) is 2.27. The summed E-state index contributed by atoms with van der Waals surface area (Å²) in [6.45, 7) is 2.26. The quantitative estimate of drug-likeness (QED) is 0.736. The summed E-state index contributed by atoms with van der Waals surface area (Å²) < 4.78 is 0. The van der Waals surface area contributed by atoms with E-state index in [0.29, 0.717) is 11.4 Å². The van der Waals surface area contributed by atoms with Crippen molar-refractivity contribution in [1.29, 1.82) is 0 Å². The number of aliphatic hydroxyl groups excluding tert-OH is 1. The maximum absolute atomic E-state index is 12.0. The number of hydrogen-bond acceptors (Lipinski definition) is 4. The molecule has 116 valence electrons. The molecular weight excluding hydrogens is 288 g/mol. The predicted octanol–water partition coefficient (Wildman–Crippen LogP) is 1.10. The van der Waals surface area contributed by atoms with Gasteiger partial charge in [0.15, 0.2) is 0 Å². The highest BCUT2D eigenvalue weighted by molar-refractivity contribution is 7.14. The van der Waals surface area contributed by atoms with Crippen LogP contribution in [0.3, 0.4) is 0 Å². The molecule has 3 N–H and O–H groups in total. The van der Waals surface area contributed by atoms with Crippen LogP contribution in [0.5, 0.6) is 0 Å². The van der Waals surface area contributed by atoms with Gasteiger partial charge in [-0.2, -0.15) is 0 Å². The first kappa shape index (κ1) is 16.0. The largest absolute Gasteiger partial charge is 0.396 e. The van der Waals surface area contributed by atoms with Crippen LogP contribution >= 0.6 is 11.3 Å². The van der Waals surface area contributed by atoms with E-state index in [9.17, 15) is 9.59 Å². The molecule has 0 aliphatic heterocycles. The van der Waals surface area contributed by atoms with Gasteiger partial charge in [0.1, 0.15) is 0 Å². The van der Waals surface area contributed by atoms with Crippen molar-refractivity contribution in [1.82, 2.24) is 10.6 Å². The van der Waals surface area contributed by atoms with Crippen molar-refractivity contribution in [2.45, 2.75) is 32.6 Å². The second-order valence-corrected chi connectivity index (χ2v) is 6.68. The van der Waals surface area contributed by atoms with Gasteiger partial charge in [0.05, 0.1) is 11.4 Å². The minimum absolute atomic E-state index is 0.0219. The number of nitrogens with one attached hydrogen (secondary N) is 2. The monoisotopic (exact) mass is 310 g/mol. The lowest BCUT2D eigenvalue weighted by atomic mass is 9.99. The lowest BCUT2D eigenvalue weighted by Gasteiger charge is -2.09. The summed E-state index contributed by atoms with van der Waals surface area (Å²) in [4.78, 5) is 25.6. The summed E-state index contributed by atoms with van der Waals surface area (Å²) in [5.41, 5.74) is 1.29. The normalized spacial score (nSPS) is 15.1. The molecule has 1 heterocycles. The molecule has 1 aromatic heterocycles. The molecule has 2 amide bonds. The first-order chi connectivity index (χ1) is 10.1. The molecule has 1 aliphatic carbocycles. The molecule has 0 bridgehead atoms. The van der Waals surface area contributed by atoms with E-state index >= 15 is 0 Å². The van der Waals surface area contributed by atoms with Gasteiger partial charge in [0.2, 0.25) is 5.91 Å². The molecule has 0 radical (unpaired) electrons. The molecule has 2 rings (SSSR count). The fraction of sp³-hybridized carbons (Fsp3) is 0.600. The first-order valence-corrected chi connectivity index (χ1v) is 8.19. The second kappa shape index (κ2) is 7.56. The van der Waals surface area contributed by atoms with Gasteiger partial charge in [-0.05, 0) is 43.2 Å². The van der Waals surface area contributed by atoms with Crippen LogP contribution < -0.4 is 10.6 Å². The number of carbonyl (C=O) groups excluding carboxylic acids is 2. The smallest absolute Gasteiger partial charge is 0.261 e. The van der Waals surface area contributed by atoms with Crippen molar-refractivity contribution in [2.75, 3.05) is 19.7 Å². The standard InChI is InChI=1S/C15H22N2O3S/c1-10(9-18)7-16-14(19)8-17-15(20)13-6-11-4-2-3-5-12(11)21-13/h6,10,18H,2-5,7-9H2,1H3,(H,16,19)(H,17,20). The van der Waals surface area contributed by atoms with E-state index in [4.69, 9.17) is 5.11 Å². The number of fused-ring (bicyclic) bond motifs is 1. The highest BCUT2D eigenvalue weighted by Crippen LogP contribution is 2.29. The highest BCUT2D eigenvalue weighted by atomic mass is 32.1. The number of aliphatic hydroxyl groups is 1. The van der Waals surface area contributed by atoms with Gasteiger partial charge in [-0.3, -0.25) is 9.59 Å². The van der Waals surface area contributed by atoms with Crippen LogP contribution in [0.2, 0.25) is 0 Å². The molecule has 0 saturated heterocycles. The van der Waals surface area contributed by atoms with Gasteiger partial charge in [0.25, 0.3) is 5.91 Å². The van der Waals surface area contributed by atoms with E-state index in [-0.39, 0.29) is 30.9 Å². The molecule has 21 heavy (non-hydrogen) atoms. The lowest BCUT2D eigenvalue weighted by molar-refractivity contribution is -0.120. The maximum Gasteiger partial charge on any atom is 0.261 e. The number of rotatable bonds is 6. The summed E-state index contributed by atoms with van der Waals surface area (Å²) in [5.74, 6) is -0.390. The molecule has 1 unspecified atom stereocenters. The molecule has 0 spiro atoms. The van der Waals surface area contributed by atoms with Crippen molar-refractivity contribution in [3.05, 3.63) is 21.4 Å². The van der Waals surface area contributed by atoms with Crippen molar-refractivity contribution < 1.29 is 14.7 Å². The molecule has 1 aliphatic rings. The molecule has 5 nitrogen and oxygen atoms in total. The zero-order valence-corrected chi connectivity index (χ0v) is 13.1. The predicted molar refractivity (Wildman–Crippen MR) is 82.6 cm³/mol. The number of thiophene rings is 1. The number of aryl methyl sites for hydroxylation is 2. The van der Waals surface area contributed by atoms with E-state index < -0.39 is 0 Å². The first-order valence-electron chi connectivity index (χ1n) is 7.37. The summed E-state index contributed by atoms with van der Waals surface area (Å²) in [5, 5.41) is 14.2. The van der Waals surface area contributed by atoms with Gasteiger partial charge in [-0.1, -0.05) is 6.92 Å². The molecule has 0 aromatic carbocycles. The highest BCUT2D eigenvalue weighted by Gasteiger charge is 2.17. The minimum Gasteiger partial charge on any atom is -0.396 e. The van der Waals surface area contributed by atoms with Crippen LogP contribution in [0, 0.1) is 5.92 Å². The summed E-state index contributed by atoms with van der Waals surface area (Å²) in [7, 11) is 0. The fourth-order valence-corrected chi connectivity index (χ4v) is 3.44. The van der Waals surface area contributed by atoms with Crippen LogP contribution in [0.15, 0.2) is 6.07 Å². The van der Waals surface area contributed by atoms with E-state index in [1.165, 1.54) is 23.3 Å². The van der Waals surface area contributed by atoms with Crippen molar-refractivity contribution in [3.63, 3.8) is 0 Å². The second-order valence-electron chi connectivity index (χ2n) is 5.54. The van der Waals surface area contributed by atoms with Crippen molar-refractivity contribution in [3.8, 4) is 0 Å². The van der Waals surface area contributed by atoms with Crippen LogP contribution in [0.25, 0.3) is 0 Å². The summed E-state index contributed by atoms with van der Waals surface area (Å²) >= 11 is 1.54. The van der Waals surface area contributed by atoms with Crippen LogP contribution in [-0.2, 0) is 17.6 Å². The van der Waals surface area contributed by atoms with Crippen LogP contribution in [0.4, 0.5) is 0 Å². The third-order valence-corrected chi connectivity index (χ3v) is 4.83. The number of amides is 2.